The van der Waals surface area contributed by atoms with E-state index in [9.17, 15) is 24.3 Å². The number of likely N-dealkylation sites (tertiary alicyclic amines) is 1. The fourth-order valence-electron chi connectivity index (χ4n) is 6.09. The van der Waals surface area contributed by atoms with Gasteiger partial charge < -0.3 is 14.9 Å². The molecule has 2 fully saturated rings. The van der Waals surface area contributed by atoms with Crippen LogP contribution in [0.1, 0.15) is 61.3 Å². The first-order chi connectivity index (χ1) is 18.9. The van der Waals surface area contributed by atoms with E-state index in [1.165, 1.54) is 0 Å². The summed E-state index contributed by atoms with van der Waals surface area (Å²) in [5.74, 6) is -1.73. The molecule has 3 aliphatic heterocycles. The summed E-state index contributed by atoms with van der Waals surface area (Å²) in [5, 5.41) is 12.4. The normalized spacial score (nSPS) is 23.5. The van der Waals surface area contributed by atoms with E-state index >= 15 is 0 Å². The average molecular weight is 550 g/mol. The molecule has 5 rings (SSSR count). The van der Waals surface area contributed by atoms with Gasteiger partial charge in [-0.1, -0.05) is 66.4 Å². The Morgan fingerprint density at radius 1 is 0.974 bits per heavy atom. The fraction of sp³-hybridized carbons (Fsp3) is 0.467. The van der Waals surface area contributed by atoms with Crippen molar-refractivity contribution in [1.82, 2.24) is 15.1 Å². The van der Waals surface area contributed by atoms with Gasteiger partial charge in [-0.3, -0.25) is 19.7 Å². The Morgan fingerprint density at radius 2 is 1.69 bits per heavy atom. The number of aryl methyl sites for hydroxylation is 1. The summed E-state index contributed by atoms with van der Waals surface area (Å²) >= 11 is 0.951. The van der Waals surface area contributed by atoms with E-state index in [0.29, 0.717) is 45.2 Å². The van der Waals surface area contributed by atoms with Gasteiger partial charge in [0.15, 0.2) is 0 Å². The first-order valence-corrected chi connectivity index (χ1v) is 14.7. The SMILES string of the molecule is O=C(S[C@H](CCc1ccccc1)N[C@@H]1Cc2ccccc2[C@@H]2CCC[C@H](C(=O)O)N2C1=O)C(=O)N1CCCC1. The number of aliphatic carboxylic acids is 1. The second-order valence-electron chi connectivity index (χ2n) is 10.6. The maximum absolute atomic E-state index is 14.0. The van der Waals surface area contributed by atoms with Crippen LogP contribution >= 0.6 is 11.8 Å². The third-order valence-corrected chi connectivity index (χ3v) is 9.09. The van der Waals surface area contributed by atoms with E-state index in [-0.39, 0.29) is 11.9 Å². The second-order valence-corrected chi connectivity index (χ2v) is 11.8. The van der Waals surface area contributed by atoms with E-state index in [0.717, 1.165) is 47.7 Å². The molecule has 0 bridgehead atoms. The van der Waals surface area contributed by atoms with Crippen molar-refractivity contribution in [2.24, 2.45) is 0 Å². The lowest BCUT2D eigenvalue weighted by atomic mass is 9.89. The van der Waals surface area contributed by atoms with Crippen LogP contribution in [0.2, 0.25) is 0 Å². The summed E-state index contributed by atoms with van der Waals surface area (Å²) in [6.07, 6.45) is 5.26. The fourth-order valence-corrected chi connectivity index (χ4v) is 7.05. The highest BCUT2D eigenvalue weighted by Gasteiger charge is 2.44. The molecule has 2 N–H and O–H groups in total. The van der Waals surface area contributed by atoms with Crippen LogP contribution in [0.3, 0.4) is 0 Å². The van der Waals surface area contributed by atoms with Crippen LogP contribution in [-0.4, -0.2) is 68.4 Å². The number of thioether (sulfide) groups is 1. The van der Waals surface area contributed by atoms with Crippen molar-refractivity contribution >= 4 is 34.7 Å². The van der Waals surface area contributed by atoms with Crippen molar-refractivity contribution in [3.8, 4) is 0 Å². The van der Waals surface area contributed by atoms with Crippen molar-refractivity contribution in [3.05, 3.63) is 71.3 Å². The molecule has 4 atom stereocenters. The molecule has 0 radical (unpaired) electrons. The Kier molecular flexibility index (Phi) is 8.67. The highest BCUT2D eigenvalue weighted by molar-refractivity contribution is 8.15. The number of amides is 2. The summed E-state index contributed by atoms with van der Waals surface area (Å²) in [6, 6.07) is 15.9. The molecule has 9 heteroatoms. The molecule has 2 aromatic carbocycles. The van der Waals surface area contributed by atoms with Gasteiger partial charge in [0.2, 0.25) is 5.91 Å². The van der Waals surface area contributed by atoms with Gasteiger partial charge in [-0.05, 0) is 68.1 Å². The number of carboxylic acids is 1. The number of carbonyl (C=O) groups excluding carboxylic acids is 3. The topological polar surface area (TPSA) is 107 Å². The number of nitrogens with zero attached hydrogens (tertiary/aromatic N) is 2. The van der Waals surface area contributed by atoms with Gasteiger partial charge in [0.05, 0.1) is 17.5 Å². The summed E-state index contributed by atoms with van der Waals surface area (Å²) in [5.41, 5.74) is 3.10. The number of carbonyl (C=O) groups is 4. The summed E-state index contributed by atoms with van der Waals surface area (Å²) < 4.78 is 0. The van der Waals surface area contributed by atoms with Gasteiger partial charge in [-0.2, -0.15) is 0 Å². The van der Waals surface area contributed by atoms with E-state index < -0.39 is 34.4 Å². The Hall–Kier alpha value is -3.17. The lowest BCUT2D eigenvalue weighted by molar-refractivity contribution is -0.156. The summed E-state index contributed by atoms with van der Waals surface area (Å²) in [7, 11) is 0. The summed E-state index contributed by atoms with van der Waals surface area (Å²) in [6.45, 7) is 1.19. The highest BCUT2D eigenvalue weighted by Crippen LogP contribution is 2.39. The molecular weight excluding hydrogens is 514 g/mol. The minimum atomic E-state index is -0.993. The van der Waals surface area contributed by atoms with E-state index in [4.69, 9.17) is 0 Å². The number of carboxylic acid groups (broad SMARTS) is 1. The molecule has 206 valence electrons. The number of benzene rings is 2. The Bertz CT molecular complexity index is 1220. The molecule has 0 aliphatic carbocycles. The van der Waals surface area contributed by atoms with Gasteiger partial charge in [0.25, 0.3) is 5.12 Å². The lowest BCUT2D eigenvalue weighted by Gasteiger charge is -2.41. The number of nitrogens with one attached hydrogen (secondary N) is 1. The van der Waals surface area contributed by atoms with Crippen molar-refractivity contribution < 1.29 is 24.3 Å². The molecule has 3 heterocycles. The first kappa shape index (κ1) is 27.4. The molecule has 2 aromatic rings. The van der Waals surface area contributed by atoms with Crippen LogP contribution in [0.4, 0.5) is 0 Å². The monoisotopic (exact) mass is 549 g/mol. The van der Waals surface area contributed by atoms with Crippen LogP contribution < -0.4 is 5.32 Å². The number of fused-ring (bicyclic) bond motifs is 3. The zero-order valence-electron chi connectivity index (χ0n) is 22.0. The zero-order chi connectivity index (χ0) is 27.4. The minimum Gasteiger partial charge on any atom is -0.480 e. The largest absolute Gasteiger partial charge is 0.480 e. The van der Waals surface area contributed by atoms with Crippen molar-refractivity contribution in [2.45, 2.75) is 74.9 Å². The van der Waals surface area contributed by atoms with E-state index in [1.54, 1.807) is 9.80 Å². The molecule has 0 spiro atoms. The van der Waals surface area contributed by atoms with Gasteiger partial charge in [0, 0.05) is 13.1 Å². The third kappa shape index (κ3) is 6.20. The van der Waals surface area contributed by atoms with Gasteiger partial charge in [-0.15, -0.1) is 0 Å². The lowest BCUT2D eigenvalue weighted by Crippen LogP contribution is -2.56. The Morgan fingerprint density at radius 3 is 2.44 bits per heavy atom. The molecule has 39 heavy (non-hydrogen) atoms. The average Bonchev–Trinajstić information content (AvgIpc) is 3.46. The minimum absolute atomic E-state index is 0.257. The van der Waals surface area contributed by atoms with Crippen LogP contribution in [0.5, 0.6) is 0 Å². The number of hydrogen-bond donors (Lipinski definition) is 2. The van der Waals surface area contributed by atoms with E-state index in [2.05, 4.69) is 5.32 Å². The summed E-state index contributed by atoms with van der Waals surface area (Å²) in [4.78, 5) is 55.3. The predicted molar refractivity (Wildman–Crippen MR) is 149 cm³/mol. The second kappa shape index (κ2) is 12.3. The Labute approximate surface area is 233 Å². The van der Waals surface area contributed by atoms with Crippen LogP contribution in [0, 0.1) is 0 Å². The molecule has 0 unspecified atom stereocenters. The zero-order valence-corrected chi connectivity index (χ0v) is 22.8. The molecular formula is C30H35N3O5S. The third-order valence-electron chi connectivity index (χ3n) is 8.04. The number of piperidine rings is 1. The van der Waals surface area contributed by atoms with Crippen LogP contribution in [0.25, 0.3) is 0 Å². The smallest absolute Gasteiger partial charge is 0.326 e. The molecule has 0 aromatic heterocycles. The predicted octanol–water partition coefficient (Wildman–Crippen LogP) is 3.55. The van der Waals surface area contributed by atoms with E-state index in [1.807, 2.05) is 54.6 Å². The molecule has 2 saturated heterocycles. The quantitative estimate of drug-likeness (QED) is 0.402. The number of hydrogen-bond acceptors (Lipinski definition) is 6. The maximum atomic E-state index is 14.0. The molecule has 3 aliphatic rings. The number of rotatable bonds is 7. The van der Waals surface area contributed by atoms with Gasteiger partial charge >= 0.3 is 11.9 Å². The molecule has 0 saturated carbocycles. The first-order valence-electron chi connectivity index (χ1n) is 13.8. The molecule has 8 nitrogen and oxygen atoms in total. The maximum Gasteiger partial charge on any atom is 0.326 e. The van der Waals surface area contributed by atoms with Crippen LogP contribution in [0.15, 0.2) is 54.6 Å². The van der Waals surface area contributed by atoms with Gasteiger partial charge in [-0.25, -0.2) is 4.79 Å². The van der Waals surface area contributed by atoms with Crippen LogP contribution in [-0.2, 0) is 32.0 Å². The highest BCUT2D eigenvalue weighted by atomic mass is 32.2. The van der Waals surface area contributed by atoms with Gasteiger partial charge in [0.1, 0.15) is 6.04 Å². The standard InChI is InChI=1S/C30H35N3O5S/c34-27-23(19-21-11-4-5-12-22(21)24-13-8-14-25(29(36)37)33(24)27)31-26(16-15-20-9-2-1-3-10-20)39-30(38)28(35)32-17-6-7-18-32/h1-5,9-12,23-26,31H,6-8,13-19H2,(H,36,37)/t23-,24+,25-,26-/m1/s1. The van der Waals surface area contributed by atoms with Crippen molar-refractivity contribution in [1.29, 1.82) is 0 Å². The molecule has 2 amide bonds. The Balaban J connectivity index is 1.41. The van der Waals surface area contributed by atoms with Crippen molar-refractivity contribution in [2.75, 3.05) is 13.1 Å². The van der Waals surface area contributed by atoms with Crippen molar-refractivity contribution in [3.63, 3.8) is 0 Å².